The number of rotatable bonds is 5. The molecule has 4 nitrogen and oxygen atoms in total. The molecule has 2 N–H and O–H groups in total. The van der Waals surface area contributed by atoms with Crippen molar-refractivity contribution in [3.8, 4) is 0 Å². The summed E-state index contributed by atoms with van der Waals surface area (Å²) in [5, 5.41) is 4.25. The lowest BCUT2D eigenvalue weighted by Crippen LogP contribution is -2.41. The Labute approximate surface area is 111 Å². The van der Waals surface area contributed by atoms with Crippen LogP contribution in [0.25, 0.3) is 0 Å². The molecular weight excluding hydrogens is 290 g/mol. The normalized spacial score (nSPS) is 11.5. The van der Waals surface area contributed by atoms with Gasteiger partial charge in [0.2, 0.25) is 0 Å². The monoisotopic (exact) mass is 299 g/mol. The summed E-state index contributed by atoms with van der Waals surface area (Å²) in [7, 11) is 1.53. The third kappa shape index (κ3) is 3.95. The van der Waals surface area contributed by atoms with E-state index in [2.05, 4.69) is 10.3 Å². The van der Waals surface area contributed by atoms with Crippen molar-refractivity contribution < 1.29 is 22.4 Å². The van der Waals surface area contributed by atoms with E-state index in [-0.39, 0.29) is 16.4 Å². The molecule has 0 saturated carbocycles. The molecule has 0 spiro atoms. The van der Waals surface area contributed by atoms with Gasteiger partial charge < -0.3 is 10.6 Å². The number of nitrogens with one attached hydrogen (secondary N) is 2. The first kappa shape index (κ1) is 15.5. The molecule has 19 heavy (non-hydrogen) atoms. The Kier molecular flexibility index (Phi) is 4.93. The number of alkyl halides is 4. The maximum Gasteiger partial charge on any atom is 0.324 e. The summed E-state index contributed by atoms with van der Waals surface area (Å²) in [5.41, 5.74) is -0.133. The lowest BCUT2D eigenvalue weighted by Gasteiger charge is -2.16. The molecule has 0 atom stereocenters. The highest BCUT2D eigenvalue weighted by Gasteiger charge is 2.40. The van der Waals surface area contributed by atoms with E-state index in [1.54, 1.807) is 5.32 Å². The van der Waals surface area contributed by atoms with Crippen LogP contribution in [0.3, 0.4) is 0 Å². The molecule has 9 heteroatoms. The van der Waals surface area contributed by atoms with Crippen LogP contribution < -0.4 is 10.6 Å². The Balaban J connectivity index is 2.79. The van der Waals surface area contributed by atoms with Gasteiger partial charge in [-0.1, -0.05) is 11.6 Å². The van der Waals surface area contributed by atoms with Crippen molar-refractivity contribution in [1.82, 2.24) is 10.3 Å². The summed E-state index contributed by atoms with van der Waals surface area (Å²) in [5.74, 6) is -4.99. The molecule has 1 amide bonds. The fraction of sp³-hybridized carbons (Fsp3) is 0.400. The first-order valence-corrected chi connectivity index (χ1v) is 5.43. The highest BCUT2D eigenvalue weighted by atomic mass is 35.5. The van der Waals surface area contributed by atoms with Crippen LogP contribution in [0.5, 0.6) is 0 Å². The van der Waals surface area contributed by atoms with Gasteiger partial charge in [-0.25, -0.2) is 13.8 Å². The molecule has 0 aliphatic rings. The fourth-order valence-corrected chi connectivity index (χ4v) is 1.31. The third-order valence-electron chi connectivity index (χ3n) is 2.16. The average molecular weight is 300 g/mol. The quantitative estimate of drug-likeness (QED) is 0.821. The van der Waals surface area contributed by atoms with Gasteiger partial charge in [-0.05, 0) is 6.07 Å². The van der Waals surface area contributed by atoms with Gasteiger partial charge in [0.15, 0.2) is 0 Å². The minimum Gasteiger partial charge on any atom is -0.373 e. The maximum absolute atomic E-state index is 12.6. The second kappa shape index (κ2) is 6.05. The minimum atomic E-state index is -4.29. The van der Waals surface area contributed by atoms with E-state index < -0.39 is 24.8 Å². The van der Waals surface area contributed by atoms with Crippen LogP contribution in [-0.2, 0) is 0 Å². The predicted octanol–water partition coefficient (Wildman–Crippen LogP) is 2.41. The summed E-state index contributed by atoms with van der Waals surface area (Å²) in [6, 6.07) is 1.22. The van der Waals surface area contributed by atoms with Crippen LogP contribution in [0, 0.1) is 0 Å². The van der Waals surface area contributed by atoms with Crippen LogP contribution in [0.1, 0.15) is 10.4 Å². The van der Waals surface area contributed by atoms with Gasteiger partial charge in [0.25, 0.3) is 5.91 Å². The van der Waals surface area contributed by atoms with Gasteiger partial charge in [-0.2, -0.15) is 8.78 Å². The van der Waals surface area contributed by atoms with Gasteiger partial charge in [-0.3, -0.25) is 4.79 Å². The number of nitrogens with zero attached hydrogens (tertiary/aromatic N) is 1. The van der Waals surface area contributed by atoms with E-state index in [1.165, 1.54) is 13.1 Å². The third-order valence-corrected chi connectivity index (χ3v) is 2.46. The topological polar surface area (TPSA) is 54.0 Å². The Hall–Kier alpha value is -1.57. The van der Waals surface area contributed by atoms with Gasteiger partial charge in [0.05, 0.1) is 17.1 Å². The zero-order valence-corrected chi connectivity index (χ0v) is 10.4. The van der Waals surface area contributed by atoms with Crippen molar-refractivity contribution in [3.05, 3.63) is 22.8 Å². The largest absolute Gasteiger partial charge is 0.373 e. The fourth-order valence-electron chi connectivity index (χ4n) is 1.12. The van der Waals surface area contributed by atoms with Gasteiger partial charge in [-0.15, -0.1) is 0 Å². The Morgan fingerprint density at radius 1 is 1.53 bits per heavy atom. The average Bonchev–Trinajstić information content (AvgIpc) is 2.36. The Morgan fingerprint density at radius 2 is 2.16 bits per heavy atom. The summed E-state index contributed by atoms with van der Waals surface area (Å²) in [6.07, 6.45) is -2.71. The number of aromatic nitrogens is 1. The lowest BCUT2D eigenvalue weighted by molar-refractivity contribution is -0.123. The maximum atomic E-state index is 12.6. The van der Waals surface area contributed by atoms with Crippen LogP contribution in [0.15, 0.2) is 12.3 Å². The van der Waals surface area contributed by atoms with Crippen molar-refractivity contribution in [1.29, 1.82) is 0 Å². The van der Waals surface area contributed by atoms with Crippen molar-refractivity contribution in [2.45, 2.75) is 12.3 Å². The second-order valence-corrected chi connectivity index (χ2v) is 3.95. The number of carbonyl (C=O) groups excluding carboxylic acids is 1. The molecule has 1 rings (SSSR count). The molecule has 0 fully saturated rings. The second-order valence-electron chi connectivity index (χ2n) is 3.54. The summed E-state index contributed by atoms with van der Waals surface area (Å²) >= 11 is 5.67. The number of anilines is 1. The molecule has 1 aromatic rings. The summed E-state index contributed by atoms with van der Waals surface area (Å²) < 4.78 is 49.1. The Bertz CT molecular complexity index is 470. The first-order chi connectivity index (χ1) is 8.77. The highest BCUT2D eigenvalue weighted by Crippen LogP contribution is 2.22. The zero-order valence-electron chi connectivity index (χ0n) is 9.68. The van der Waals surface area contributed by atoms with Crippen molar-refractivity contribution >= 4 is 23.3 Å². The first-order valence-electron chi connectivity index (χ1n) is 5.05. The number of halogens is 5. The van der Waals surface area contributed by atoms with Crippen molar-refractivity contribution in [3.63, 3.8) is 0 Å². The predicted molar refractivity (Wildman–Crippen MR) is 62.1 cm³/mol. The highest BCUT2D eigenvalue weighted by molar-refractivity contribution is 6.33. The standard InChI is InChI=1S/C10H10ClF4N3O/c1-16-7-2-5(6(11)3-17-7)8(19)18-4-10(14,15)9(12)13/h2-3,9H,4H2,1H3,(H,16,17)(H,18,19). The van der Waals surface area contributed by atoms with Crippen LogP contribution in [0.4, 0.5) is 23.4 Å². The summed E-state index contributed by atoms with van der Waals surface area (Å²) in [6.45, 7) is -1.48. The number of hydrogen-bond donors (Lipinski definition) is 2. The van der Waals surface area contributed by atoms with E-state index in [0.717, 1.165) is 6.20 Å². The smallest absolute Gasteiger partial charge is 0.324 e. The van der Waals surface area contributed by atoms with Crippen molar-refractivity contribution in [2.75, 3.05) is 18.9 Å². The van der Waals surface area contributed by atoms with Gasteiger partial charge in [0, 0.05) is 13.2 Å². The van der Waals surface area contributed by atoms with Gasteiger partial charge in [0.1, 0.15) is 5.82 Å². The molecule has 0 aromatic carbocycles. The molecule has 1 heterocycles. The van der Waals surface area contributed by atoms with Crippen molar-refractivity contribution in [2.24, 2.45) is 0 Å². The zero-order chi connectivity index (χ0) is 14.6. The molecule has 106 valence electrons. The summed E-state index contributed by atoms with van der Waals surface area (Å²) in [4.78, 5) is 15.4. The molecule has 0 radical (unpaired) electrons. The van der Waals surface area contributed by atoms with E-state index in [9.17, 15) is 22.4 Å². The van der Waals surface area contributed by atoms with Crippen LogP contribution in [-0.4, -0.2) is 36.8 Å². The molecular formula is C10H10ClF4N3O. The molecule has 0 aliphatic heterocycles. The molecule has 0 saturated heterocycles. The number of pyridine rings is 1. The minimum absolute atomic E-state index is 0.0723. The van der Waals surface area contributed by atoms with Crippen LogP contribution >= 0.6 is 11.6 Å². The number of carbonyl (C=O) groups is 1. The number of amides is 1. The van der Waals surface area contributed by atoms with E-state index >= 15 is 0 Å². The van der Waals surface area contributed by atoms with Gasteiger partial charge >= 0.3 is 12.3 Å². The molecule has 0 bridgehead atoms. The number of hydrogen-bond acceptors (Lipinski definition) is 3. The van der Waals surface area contributed by atoms with E-state index in [0.29, 0.717) is 0 Å². The van der Waals surface area contributed by atoms with Crippen LogP contribution in [0.2, 0.25) is 5.02 Å². The SMILES string of the molecule is CNc1cc(C(=O)NCC(F)(F)C(F)F)c(Cl)cn1. The molecule has 0 unspecified atom stereocenters. The Morgan fingerprint density at radius 3 is 2.68 bits per heavy atom. The van der Waals surface area contributed by atoms with E-state index in [1.807, 2.05) is 0 Å². The molecule has 0 aliphatic carbocycles. The molecule has 1 aromatic heterocycles. The lowest BCUT2D eigenvalue weighted by atomic mass is 10.2. The van der Waals surface area contributed by atoms with E-state index in [4.69, 9.17) is 11.6 Å².